The minimum atomic E-state index is -3.69. The third kappa shape index (κ3) is 2.57. The number of aromatic nitrogens is 2. The van der Waals surface area contributed by atoms with Crippen LogP contribution >= 0.6 is 27.5 Å². The maximum atomic E-state index is 12.8. The Morgan fingerprint density at radius 1 is 1.33 bits per heavy atom. The zero-order valence-electron chi connectivity index (χ0n) is 10.8. The largest absolute Gasteiger partial charge is 0.398 e. The number of imidazole rings is 1. The topological polar surface area (TPSA) is 81.2 Å². The van der Waals surface area contributed by atoms with E-state index in [4.69, 9.17) is 17.3 Å². The number of fused-ring (bicyclic) bond motifs is 1. The fourth-order valence-corrected chi connectivity index (χ4v) is 4.91. The second-order valence-corrected chi connectivity index (χ2v) is 7.82. The third-order valence-electron chi connectivity index (χ3n) is 3.36. The maximum absolute atomic E-state index is 12.8. The Balaban J connectivity index is 2.03. The van der Waals surface area contributed by atoms with E-state index in [0.29, 0.717) is 23.2 Å². The fourth-order valence-electron chi connectivity index (χ4n) is 2.27. The SMILES string of the molecule is Nc1cc(Cl)cc(S(=O)(=O)N2CCn3ccnc3C2)c1Br. The zero-order chi connectivity index (χ0) is 15.2. The lowest BCUT2D eigenvalue weighted by Crippen LogP contribution is -2.38. The van der Waals surface area contributed by atoms with Crippen molar-refractivity contribution >= 4 is 43.2 Å². The number of halogens is 2. The van der Waals surface area contributed by atoms with Crippen molar-refractivity contribution < 1.29 is 8.42 Å². The summed E-state index contributed by atoms with van der Waals surface area (Å²) in [4.78, 5) is 4.24. The molecule has 0 saturated carbocycles. The molecule has 2 N–H and O–H groups in total. The minimum absolute atomic E-state index is 0.0764. The van der Waals surface area contributed by atoms with Gasteiger partial charge in [-0.25, -0.2) is 13.4 Å². The molecule has 112 valence electrons. The lowest BCUT2D eigenvalue weighted by molar-refractivity contribution is 0.335. The molecule has 1 aliphatic heterocycles. The number of hydrogen-bond donors (Lipinski definition) is 1. The molecule has 0 fully saturated rings. The van der Waals surface area contributed by atoms with Gasteiger partial charge >= 0.3 is 0 Å². The van der Waals surface area contributed by atoms with Crippen LogP contribution in [0.25, 0.3) is 0 Å². The van der Waals surface area contributed by atoms with Gasteiger partial charge in [-0.2, -0.15) is 4.31 Å². The summed E-state index contributed by atoms with van der Waals surface area (Å²) < 4.78 is 29.2. The third-order valence-corrected chi connectivity index (χ3v) is 6.59. The quantitative estimate of drug-likeness (QED) is 0.795. The van der Waals surface area contributed by atoms with E-state index in [1.54, 1.807) is 6.20 Å². The van der Waals surface area contributed by atoms with Crippen molar-refractivity contribution in [2.24, 2.45) is 0 Å². The van der Waals surface area contributed by atoms with Gasteiger partial charge in [0.1, 0.15) is 5.82 Å². The maximum Gasteiger partial charge on any atom is 0.244 e. The molecule has 21 heavy (non-hydrogen) atoms. The van der Waals surface area contributed by atoms with Crippen LogP contribution in [0.5, 0.6) is 0 Å². The van der Waals surface area contributed by atoms with Crippen LogP contribution in [-0.2, 0) is 23.1 Å². The predicted octanol–water partition coefficient (Wildman–Crippen LogP) is 2.09. The van der Waals surface area contributed by atoms with Crippen molar-refractivity contribution in [2.45, 2.75) is 18.0 Å². The number of anilines is 1. The summed E-state index contributed by atoms with van der Waals surface area (Å²) in [7, 11) is -3.69. The first kappa shape index (κ1) is 14.8. The number of nitrogen functional groups attached to an aromatic ring is 1. The van der Waals surface area contributed by atoms with Crippen LogP contribution in [0.15, 0.2) is 33.9 Å². The van der Waals surface area contributed by atoms with E-state index in [0.717, 1.165) is 5.82 Å². The average Bonchev–Trinajstić information content (AvgIpc) is 2.89. The zero-order valence-corrected chi connectivity index (χ0v) is 14.0. The highest BCUT2D eigenvalue weighted by atomic mass is 79.9. The lowest BCUT2D eigenvalue weighted by Gasteiger charge is -2.27. The van der Waals surface area contributed by atoms with Gasteiger partial charge in [0.15, 0.2) is 0 Å². The molecule has 1 aromatic carbocycles. The summed E-state index contributed by atoms with van der Waals surface area (Å²) >= 11 is 9.16. The van der Waals surface area contributed by atoms with Gasteiger partial charge in [0.25, 0.3) is 0 Å². The molecule has 2 heterocycles. The number of nitrogens with two attached hydrogens (primary N) is 1. The summed E-state index contributed by atoms with van der Waals surface area (Å²) in [5, 5.41) is 0.285. The smallest absolute Gasteiger partial charge is 0.244 e. The van der Waals surface area contributed by atoms with Crippen molar-refractivity contribution in [3.63, 3.8) is 0 Å². The predicted molar refractivity (Wildman–Crippen MR) is 83.4 cm³/mol. The highest BCUT2D eigenvalue weighted by Gasteiger charge is 2.31. The summed E-state index contributed by atoms with van der Waals surface area (Å²) in [5.74, 6) is 0.718. The molecule has 0 unspecified atom stereocenters. The van der Waals surface area contributed by atoms with E-state index in [1.807, 2.05) is 10.8 Å². The minimum Gasteiger partial charge on any atom is -0.398 e. The first-order valence-electron chi connectivity index (χ1n) is 6.14. The second-order valence-electron chi connectivity index (χ2n) is 4.68. The van der Waals surface area contributed by atoms with Gasteiger partial charge in [0, 0.05) is 36.2 Å². The van der Waals surface area contributed by atoms with Crippen molar-refractivity contribution in [3.8, 4) is 0 Å². The normalized spacial score (nSPS) is 15.9. The number of sulfonamides is 1. The van der Waals surface area contributed by atoms with E-state index < -0.39 is 10.0 Å². The molecule has 6 nitrogen and oxygen atoms in total. The molecule has 0 aliphatic carbocycles. The Labute approximate surface area is 135 Å². The average molecular weight is 392 g/mol. The van der Waals surface area contributed by atoms with Crippen LogP contribution in [0.1, 0.15) is 5.82 Å². The summed E-state index contributed by atoms with van der Waals surface area (Å²) in [5.41, 5.74) is 6.07. The molecule has 2 aromatic rings. The molecular formula is C12H12BrClN4O2S. The van der Waals surface area contributed by atoms with Gasteiger partial charge in [-0.05, 0) is 28.1 Å². The van der Waals surface area contributed by atoms with Gasteiger partial charge in [-0.15, -0.1) is 0 Å². The summed E-state index contributed by atoms with van der Waals surface area (Å²) in [6.45, 7) is 1.18. The highest BCUT2D eigenvalue weighted by molar-refractivity contribution is 9.10. The monoisotopic (exact) mass is 390 g/mol. The van der Waals surface area contributed by atoms with Gasteiger partial charge in [0.05, 0.1) is 15.9 Å². The Bertz CT molecular complexity index is 806. The highest BCUT2D eigenvalue weighted by Crippen LogP contribution is 2.34. The van der Waals surface area contributed by atoms with Gasteiger partial charge in [-0.3, -0.25) is 0 Å². The van der Waals surface area contributed by atoms with E-state index in [9.17, 15) is 8.42 Å². The number of nitrogens with zero attached hydrogens (tertiary/aromatic N) is 3. The molecule has 0 radical (unpaired) electrons. The molecule has 0 spiro atoms. The van der Waals surface area contributed by atoms with Crippen LogP contribution in [-0.4, -0.2) is 28.8 Å². The van der Waals surface area contributed by atoms with Gasteiger partial charge in [-0.1, -0.05) is 11.6 Å². The van der Waals surface area contributed by atoms with E-state index in [-0.39, 0.29) is 16.5 Å². The van der Waals surface area contributed by atoms with Crippen molar-refractivity contribution in [3.05, 3.63) is 39.8 Å². The molecule has 0 saturated heterocycles. The molecule has 0 amide bonds. The number of rotatable bonds is 2. The van der Waals surface area contributed by atoms with Crippen LogP contribution in [0.4, 0.5) is 5.69 Å². The first-order valence-corrected chi connectivity index (χ1v) is 8.75. The Morgan fingerprint density at radius 3 is 2.86 bits per heavy atom. The van der Waals surface area contributed by atoms with E-state index in [1.165, 1.54) is 16.4 Å². The van der Waals surface area contributed by atoms with Gasteiger partial charge < -0.3 is 10.3 Å². The van der Waals surface area contributed by atoms with Crippen LogP contribution in [0, 0.1) is 0 Å². The standard InChI is InChI=1S/C12H12BrClN4O2S/c13-12-9(15)5-8(14)6-10(12)21(19,20)18-4-3-17-2-1-16-11(17)7-18/h1-2,5-6H,3-4,7,15H2. The van der Waals surface area contributed by atoms with Crippen LogP contribution in [0.3, 0.4) is 0 Å². The van der Waals surface area contributed by atoms with E-state index in [2.05, 4.69) is 20.9 Å². The molecule has 0 atom stereocenters. The number of hydrogen-bond acceptors (Lipinski definition) is 4. The van der Waals surface area contributed by atoms with Crippen molar-refractivity contribution in [1.82, 2.24) is 13.9 Å². The Morgan fingerprint density at radius 2 is 2.10 bits per heavy atom. The Kier molecular flexibility index (Phi) is 3.73. The molecule has 9 heteroatoms. The first-order chi connectivity index (χ1) is 9.89. The lowest BCUT2D eigenvalue weighted by atomic mass is 10.3. The van der Waals surface area contributed by atoms with Crippen molar-refractivity contribution in [1.29, 1.82) is 0 Å². The van der Waals surface area contributed by atoms with Crippen molar-refractivity contribution in [2.75, 3.05) is 12.3 Å². The second kappa shape index (κ2) is 5.28. The van der Waals surface area contributed by atoms with Crippen LogP contribution < -0.4 is 5.73 Å². The van der Waals surface area contributed by atoms with Crippen LogP contribution in [0.2, 0.25) is 5.02 Å². The summed E-state index contributed by atoms with van der Waals surface area (Å²) in [6.07, 6.45) is 3.51. The molecule has 3 rings (SSSR count). The molecule has 0 bridgehead atoms. The van der Waals surface area contributed by atoms with Gasteiger partial charge in [0.2, 0.25) is 10.0 Å². The molecule has 1 aliphatic rings. The van der Waals surface area contributed by atoms with E-state index >= 15 is 0 Å². The Hall–Kier alpha value is -1.09. The summed E-state index contributed by atoms with van der Waals surface area (Å²) in [6, 6.07) is 2.91. The molecular weight excluding hydrogens is 380 g/mol. The number of benzene rings is 1. The fraction of sp³-hybridized carbons (Fsp3) is 0.250. The molecule has 1 aromatic heterocycles.